The highest BCUT2D eigenvalue weighted by atomic mass is 35.5. The third-order valence-corrected chi connectivity index (χ3v) is 11.4. The first-order valence-electron chi connectivity index (χ1n) is 20.0. The third kappa shape index (κ3) is 8.83. The Morgan fingerprint density at radius 3 is 1.66 bits per heavy atom. The summed E-state index contributed by atoms with van der Waals surface area (Å²) in [5.41, 5.74) is 3.98. The summed E-state index contributed by atoms with van der Waals surface area (Å²) >= 11 is 6.12. The maximum absolute atomic E-state index is 12.1. The van der Waals surface area contributed by atoms with Crippen molar-refractivity contribution in [3.8, 4) is 33.8 Å². The van der Waals surface area contributed by atoms with Gasteiger partial charge in [0.2, 0.25) is 0 Å². The zero-order valence-electron chi connectivity index (χ0n) is 34.4. The molecule has 0 radical (unpaired) electrons. The molecule has 2 heterocycles. The second kappa shape index (κ2) is 19.2. The van der Waals surface area contributed by atoms with Gasteiger partial charge < -0.3 is 34.4 Å². The van der Waals surface area contributed by atoms with E-state index in [1.165, 1.54) is 42.5 Å². The van der Waals surface area contributed by atoms with Crippen molar-refractivity contribution in [1.29, 1.82) is 0 Å². The highest BCUT2D eigenvalue weighted by Gasteiger charge is 2.22. The number of rotatable bonds is 7. The van der Waals surface area contributed by atoms with Crippen LogP contribution in [0.15, 0.2) is 152 Å². The van der Waals surface area contributed by atoms with Crippen molar-refractivity contribution < 1.29 is 58.3 Å². The minimum Gasteiger partial charge on any atom is -0.508 e. The van der Waals surface area contributed by atoms with Crippen LogP contribution in [-0.4, -0.2) is 49.6 Å². The van der Waals surface area contributed by atoms with E-state index in [1.54, 1.807) is 78.9 Å². The molecule has 0 aliphatic carbocycles. The summed E-state index contributed by atoms with van der Waals surface area (Å²) in [6, 6.07) is 35.8. The molecular formula is C53H35ClO14. The van der Waals surface area contributed by atoms with Crippen LogP contribution < -0.4 is 10.9 Å². The number of aromatic carboxylic acids is 2. The number of phenols is 2. The SMILES string of the molecule is C.O=C(O)CCc1cc2c(-c3ccccc3C(=O)O)c3ccc4cc(=O)c(Cl)cc4c3oc2cc1O.O=C(O)c1ccccc1-c1c2ccc(O)cc2oc2c1ccc1cc(=O)ccc12.O=C=O. The van der Waals surface area contributed by atoms with Gasteiger partial charge in [-0.3, -0.25) is 14.4 Å². The molecule has 0 spiro atoms. The van der Waals surface area contributed by atoms with Crippen molar-refractivity contribution in [1.82, 2.24) is 0 Å². The molecule has 338 valence electrons. The van der Waals surface area contributed by atoms with Crippen LogP contribution >= 0.6 is 11.6 Å². The molecule has 2 aromatic heterocycles. The Hall–Kier alpha value is -9.10. The Bertz CT molecular complexity index is 3860. The van der Waals surface area contributed by atoms with E-state index >= 15 is 0 Å². The first-order valence-corrected chi connectivity index (χ1v) is 20.4. The summed E-state index contributed by atoms with van der Waals surface area (Å²) in [4.78, 5) is 75.1. The highest BCUT2D eigenvalue weighted by Crippen LogP contribution is 2.44. The van der Waals surface area contributed by atoms with E-state index in [0.29, 0.717) is 71.5 Å². The molecule has 15 heteroatoms. The standard InChI is InChI=1S/C27H17ClO7.C24H14O5.CO2.CH4/c28-20-11-18-13(10-22(20)30)5-7-17-25(15-3-1-2-4-16(15)27(33)34)19-9-14(6-8-24(31)32)21(29)12-23(19)35-26(17)18;25-14-6-9-16-13(11-14)5-8-20-22(17-3-1-2-4-18(17)24(27)28)19-10-7-15(26)12-21(19)29-23(16)20;2-1-3;/h1-5,7,9-12,29H,6,8H2,(H,31,32)(H,33,34);1-12,26H,(H,27,28);;1H4. The molecular weight excluding hydrogens is 896 g/mol. The maximum atomic E-state index is 12.1. The van der Waals surface area contributed by atoms with Gasteiger partial charge in [0.15, 0.2) is 10.9 Å². The number of halogens is 1. The summed E-state index contributed by atoms with van der Waals surface area (Å²) in [5.74, 6) is -3.25. The maximum Gasteiger partial charge on any atom is 0.373 e. The summed E-state index contributed by atoms with van der Waals surface area (Å²) in [5, 5.41) is 54.3. The number of carbonyl (C=O) groups is 3. The fourth-order valence-corrected chi connectivity index (χ4v) is 8.36. The molecule has 0 aliphatic rings. The number of carboxylic acid groups (broad SMARTS) is 3. The first kappa shape index (κ1) is 46.9. The molecule has 0 fully saturated rings. The molecule has 0 bridgehead atoms. The molecule has 14 nitrogen and oxygen atoms in total. The van der Waals surface area contributed by atoms with Crippen LogP contribution in [0.5, 0.6) is 11.5 Å². The lowest BCUT2D eigenvalue weighted by atomic mass is 9.91. The van der Waals surface area contributed by atoms with Gasteiger partial charge in [-0.05, 0) is 107 Å². The fraction of sp³-hybridized carbons (Fsp3) is 0.0566. The van der Waals surface area contributed by atoms with Gasteiger partial charge in [-0.25, -0.2) is 9.59 Å². The lowest BCUT2D eigenvalue weighted by molar-refractivity contribution is -0.191. The van der Waals surface area contributed by atoms with Crippen molar-refractivity contribution in [2.75, 3.05) is 0 Å². The number of aromatic hydroxyl groups is 2. The summed E-state index contributed by atoms with van der Waals surface area (Å²) < 4.78 is 12.3. The van der Waals surface area contributed by atoms with Crippen LogP contribution in [0.25, 0.3) is 87.7 Å². The molecule has 10 aromatic rings. The Kier molecular flexibility index (Phi) is 13.2. The monoisotopic (exact) mass is 930 g/mol. The van der Waals surface area contributed by atoms with E-state index in [2.05, 4.69) is 0 Å². The van der Waals surface area contributed by atoms with Gasteiger partial charge in [-0.15, -0.1) is 0 Å². The van der Waals surface area contributed by atoms with Crippen molar-refractivity contribution in [2.24, 2.45) is 0 Å². The van der Waals surface area contributed by atoms with Gasteiger partial charge in [-0.1, -0.05) is 67.6 Å². The van der Waals surface area contributed by atoms with Gasteiger partial charge in [0.05, 0.1) is 16.1 Å². The number of aryl methyl sites for hydroxylation is 1. The number of aliphatic carboxylic acids is 1. The van der Waals surface area contributed by atoms with E-state index in [-0.39, 0.29) is 70.5 Å². The number of hydrogen-bond donors (Lipinski definition) is 5. The van der Waals surface area contributed by atoms with Crippen LogP contribution in [0.2, 0.25) is 5.02 Å². The quantitative estimate of drug-likeness (QED) is 0.0737. The molecule has 0 aliphatic heterocycles. The zero-order chi connectivity index (χ0) is 47.7. The van der Waals surface area contributed by atoms with Gasteiger partial charge in [-0.2, -0.15) is 9.59 Å². The third-order valence-electron chi connectivity index (χ3n) is 11.1. The minimum absolute atomic E-state index is 0. The second-order valence-corrected chi connectivity index (χ2v) is 15.5. The van der Waals surface area contributed by atoms with Crippen LogP contribution in [0.1, 0.15) is 40.1 Å². The second-order valence-electron chi connectivity index (χ2n) is 15.1. The molecule has 0 saturated heterocycles. The van der Waals surface area contributed by atoms with E-state index in [4.69, 9.17) is 35.1 Å². The van der Waals surface area contributed by atoms with E-state index in [0.717, 1.165) is 16.2 Å². The lowest BCUT2D eigenvalue weighted by Crippen LogP contribution is -2.01. The molecule has 5 N–H and O–H groups in total. The first-order chi connectivity index (χ1) is 32.2. The van der Waals surface area contributed by atoms with Crippen LogP contribution in [0, 0.1) is 0 Å². The Balaban J connectivity index is 0.000000190. The molecule has 0 unspecified atom stereocenters. The van der Waals surface area contributed by atoms with Crippen molar-refractivity contribution in [2.45, 2.75) is 20.3 Å². The number of phenolic OH excluding ortho intramolecular Hbond substituents is 2. The van der Waals surface area contributed by atoms with Crippen molar-refractivity contribution >= 4 is 101 Å². The highest BCUT2D eigenvalue weighted by molar-refractivity contribution is 6.32. The van der Waals surface area contributed by atoms with Gasteiger partial charge in [0.1, 0.15) is 33.8 Å². The largest absolute Gasteiger partial charge is 0.508 e. The molecule has 0 saturated carbocycles. The van der Waals surface area contributed by atoms with Crippen LogP contribution in [0.4, 0.5) is 0 Å². The number of hydrogen-bond acceptors (Lipinski definition) is 11. The molecule has 0 atom stereocenters. The number of carbonyl (C=O) groups excluding carboxylic acids is 2. The van der Waals surface area contributed by atoms with E-state index < -0.39 is 17.9 Å². The lowest BCUT2D eigenvalue weighted by Gasteiger charge is -2.16. The average molecular weight is 931 g/mol. The molecule has 0 amide bonds. The Morgan fingerprint density at radius 1 is 0.559 bits per heavy atom. The van der Waals surface area contributed by atoms with Crippen LogP contribution in [-0.2, 0) is 20.8 Å². The van der Waals surface area contributed by atoms with Gasteiger partial charge in [0.25, 0.3) is 0 Å². The number of carboxylic acids is 3. The molecule has 8 aromatic carbocycles. The van der Waals surface area contributed by atoms with Gasteiger partial charge in [0, 0.05) is 62.0 Å². The summed E-state index contributed by atoms with van der Waals surface area (Å²) in [6.07, 6.45) is 0.139. The van der Waals surface area contributed by atoms with Crippen LogP contribution in [0.3, 0.4) is 0 Å². The molecule has 68 heavy (non-hydrogen) atoms. The minimum atomic E-state index is -1.12. The number of benzene rings is 8. The predicted molar refractivity (Wildman–Crippen MR) is 256 cm³/mol. The van der Waals surface area contributed by atoms with E-state index in [9.17, 15) is 44.4 Å². The fourth-order valence-electron chi connectivity index (χ4n) is 8.19. The Labute approximate surface area is 387 Å². The predicted octanol–water partition coefficient (Wildman–Crippen LogP) is 11.1. The smallest absolute Gasteiger partial charge is 0.373 e. The summed E-state index contributed by atoms with van der Waals surface area (Å²) in [7, 11) is 0. The number of fused-ring (bicyclic) bond motifs is 8. The van der Waals surface area contributed by atoms with E-state index in [1.807, 2.05) is 12.1 Å². The average Bonchev–Trinajstić information content (AvgIpc) is 3.30. The van der Waals surface area contributed by atoms with Crippen molar-refractivity contribution in [3.05, 3.63) is 176 Å². The molecule has 10 rings (SSSR count). The topological polar surface area (TPSA) is 247 Å². The van der Waals surface area contributed by atoms with Gasteiger partial charge >= 0.3 is 24.1 Å². The zero-order valence-corrected chi connectivity index (χ0v) is 35.2. The Morgan fingerprint density at radius 2 is 1.07 bits per heavy atom. The summed E-state index contributed by atoms with van der Waals surface area (Å²) in [6.45, 7) is 0. The van der Waals surface area contributed by atoms with Crippen molar-refractivity contribution in [3.63, 3.8) is 0 Å². The normalized spacial score (nSPS) is 10.8.